The molecule has 154 valence electrons. The standard InChI is InChI=1S/C24H37F3/c1-2-3-4-5-6-7-8-9-20-10-14-22(15-11-20)23-16-12-21(13-17-23)18-19-24(25,26)27/h12-13,16-17,20,22H,2-11,14-15,18-19H2,1H3. The fourth-order valence-electron chi connectivity index (χ4n) is 4.42. The Morgan fingerprint density at radius 2 is 1.41 bits per heavy atom. The highest BCUT2D eigenvalue weighted by Crippen LogP contribution is 2.38. The van der Waals surface area contributed by atoms with Crippen LogP contribution >= 0.6 is 0 Å². The second-order valence-corrected chi connectivity index (χ2v) is 8.48. The first-order valence-corrected chi connectivity index (χ1v) is 11.1. The third kappa shape index (κ3) is 9.17. The lowest BCUT2D eigenvalue weighted by atomic mass is 9.77. The van der Waals surface area contributed by atoms with Crippen molar-refractivity contribution in [3.05, 3.63) is 35.4 Å². The van der Waals surface area contributed by atoms with Gasteiger partial charge >= 0.3 is 6.18 Å². The van der Waals surface area contributed by atoms with Crippen molar-refractivity contribution >= 4 is 0 Å². The van der Waals surface area contributed by atoms with Crippen molar-refractivity contribution in [2.24, 2.45) is 5.92 Å². The second kappa shape index (κ2) is 11.8. The third-order valence-electron chi connectivity index (χ3n) is 6.21. The van der Waals surface area contributed by atoms with Gasteiger partial charge in [0.05, 0.1) is 0 Å². The van der Waals surface area contributed by atoms with Gasteiger partial charge in [-0.05, 0) is 55.1 Å². The summed E-state index contributed by atoms with van der Waals surface area (Å²) < 4.78 is 37.0. The van der Waals surface area contributed by atoms with E-state index in [0.29, 0.717) is 5.92 Å². The molecule has 0 heterocycles. The van der Waals surface area contributed by atoms with Gasteiger partial charge in [-0.25, -0.2) is 0 Å². The maximum atomic E-state index is 12.3. The van der Waals surface area contributed by atoms with Gasteiger partial charge in [-0.3, -0.25) is 0 Å². The number of benzene rings is 1. The molecule has 0 radical (unpaired) electrons. The zero-order valence-electron chi connectivity index (χ0n) is 17.0. The van der Waals surface area contributed by atoms with Gasteiger partial charge in [0, 0.05) is 6.42 Å². The fourth-order valence-corrected chi connectivity index (χ4v) is 4.42. The number of hydrogen-bond donors (Lipinski definition) is 0. The molecule has 1 saturated carbocycles. The monoisotopic (exact) mass is 382 g/mol. The molecule has 0 nitrogen and oxygen atoms in total. The molecule has 0 N–H and O–H groups in total. The van der Waals surface area contributed by atoms with E-state index in [9.17, 15) is 13.2 Å². The Kier molecular flexibility index (Phi) is 9.72. The van der Waals surface area contributed by atoms with E-state index in [1.807, 2.05) is 12.1 Å². The average molecular weight is 383 g/mol. The van der Waals surface area contributed by atoms with Crippen LogP contribution in [0, 0.1) is 5.92 Å². The molecule has 0 bridgehead atoms. The average Bonchev–Trinajstić information content (AvgIpc) is 2.66. The van der Waals surface area contributed by atoms with Gasteiger partial charge in [-0.1, -0.05) is 82.6 Å². The summed E-state index contributed by atoms with van der Waals surface area (Å²) in [4.78, 5) is 0. The molecule has 1 aliphatic carbocycles. The summed E-state index contributed by atoms with van der Waals surface area (Å²) in [5.41, 5.74) is 2.11. The van der Waals surface area contributed by atoms with E-state index in [4.69, 9.17) is 0 Å². The largest absolute Gasteiger partial charge is 0.389 e. The quantitative estimate of drug-likeness (QED) is 0.336. The zero-order valence-corrected chi connectivity index (χ0v) is 17.0. The van der Waals surface area contributed by atoms with Gasteiger partial charge < -0.3 is 0 Å². The van der Waals surface area contributed by atoms with E-state index in [0.717, 1.165) is 11.5 Å². The Labute approximate surface area is 163 Å². The van der Waals surface area contributed by atoms with Crippen molar-refractivity contribution in [3.8, 4) is 0 Å². The number of halogens is 3. The van der Waals surface area contributed by atoms with Gasteiger partial charge in [0.1, 0.15) is 0 Å². The molecule has 1 aromatic carbocycles. The Balaban J connectivity index is 1.62. The van der Waals surface area contributed by atoms with Crippen molar-refractivity contribution in [2.45, 2.75) is 109 Å². The summed E-state index contributed by atoms with van der Waals surface area (Å²) in [6, 6.07) is 7.91. The molecule has 1 aromatic rings. The summed E-state index contributed by atoms with van der Waals surface area (Å²) in [6.45, 7) is 2.26. The molecule has 1 fully saturated rings. The summed E-state index contributed by atoms with van der Waals surface area (Å²) >= 11 is 0. The first-order chi connectivity index (χ1) is 13.0. The van der Waals surface area contributed by atoms with Crippen molar-refractivity contribution in [1.29, 1.82) is 0 Å². The van der Waals surface area contributed by atoms with Crippen LogP contribution in [0.1, 0.15) is 107 Å². The van der Waals surface area contributed by atoms with Crippen LogP contribution in [0.3, 0.4) is 0 Å². The molecular formula is C24H37F3. The van der Waals surface area contributed by atoms with E-state index < -0.39 is 12.6 Å². The third-order valence-corrected chi connectivity index (χ3v) is 6.21. The van der Waals surface area contributed by atoms with Gasteiger partial charge in [0.2, 0.25) is 0 Å². The smallest absolute Gasteiger partial charge is 0.171 e. The van der Waals surface area contributed by atoms with Gasteiger partial charge in [0.25, 0.3) is 0 Å². The topological polar surface area (TPSA) is 0 Å². The van der Waals surface area contributed by atoms with Crippen LogP contribution in [0.5, 0.6) is 0 Å². The molecular weight excluding hydrogens is 345 g/mol. The van der Waals surface area contributed by atoms with Crippen LogP contribution in [-0.2, 0) is 6.42 Å². The number of unbranched alkanes of at least 4 members (excludes halogenated alkanes) is 6. The molecule has 0 aliphatic heterocycles. The number of rotatable bonds is 11. The molecule has 0 aromatic heterocycles. The molecule has 0 saturated heterocycles. The van der Waals surface area contributed by atoms with E-state index in [1.54, 1.807) is 0 Å². The Morgan fingerprint density at radius 1 is 0.815 bits per heavy atom. The van der Waals surface area contributed by atoms with Crippen molar-refractivity contribution in [2.75, 3.05) is 0 Å². The molecule has 0 amide bonds. The highest BCUT2D eigenvalue weighted by atomic mass is 19.4. The molecule has 3 heteroatoms. The SMILES string of the molecule is CCCCCCCCCC1CCC(c2ccc(CCC(F)(F)F)cc2)CC1. The summed E-state index contributed by atoms with van der Waals surface area (Å²) in [6.07, 6.45) is 11.5. The highest BCUT2D eigenvalue weighted by molar-refractivity contribution is 5.26. The summed E-state index contributed by atoms with van der Waals surface area (Å²) in [7, 11) is 0. The molecule has 0 atom stereocenters. The van der Waals surface area contributed by atoms with Crippen LogP contribution in [-0.4, -0.2) is 6.18 Å². The van der Waals surface area contributed by atoms with Crippen molar-refractivity contribution < 1.29 is 13.2 Å². The van der Waals surface area contributed by atoms with E-state index >= 15 is 0 Å². The molecule has 0 spiro atoms. The fraction of sp³-hybridized carbons (Fsp3) is 0.750. The summed E-state index contributed by atoms with van der Waals surface area (Å²) in [5.74, 6) is 1.50. The first-order valence-electron chi connectivity index (χ1n) is 11.1. The van der Waals surface area contributed by atoms with Crippen molar-refractivity contribution in [1.82, 2.24) is 0 Å². The van der Waals surface area contributed by atoms with E-state index in [2.05, 4.69) is 19.1 Å². The van der Waals surface area contributed by atoms with Gasteiger partial charge in [-0.15, -0.1) is 0 Å². The lowest BCUT2D eigenvalue weighted by Crippen LogP contribution is -2.13. The van der Waals surface area contributed by atoms with Crippen LogP contribution in [0.15, 0.2) is 24.3 Å². The van der Waals surface area contributed by atoms with Crippen molar-refractivity contribution in [3.63, 3.8) is 0 Å². The van der Waals surface area contributed by atoms with Crippen LogP contribution < -0.4 is 0 Å². The molecule has 27 heavy (non-hydrogen) atoms. The van der Waals surface area contributed by atoms with Crippen LogP contribution in [0.25, 0.3) is 0 Å². The van der Waals surface area contributed by atoms with E-state index in [1.165, 1.54) is 82.6 Å². The Hall–Kier alpha value is -0.990. The highest BCUT2D eigenvalue weighted by Gasteiger charge is 2.26. The minimum absolute atomic E-state index is 0.0922. The maximum absolute atomic E-state index is 12.3. The molecule has 1 aliphatic rings. The Bertz CT molecular complexity index is 495. The number of aryl methyl sites for hydroxylation is 1. The van der Waals surface area contributed by atoms with Crippen LogP contribution in [0.2, 0.25) is 0 Å². The maximum Gasteiger partial charge on any atom is 0.389 e. The first kappa shape index (κ1) is 22.3. The van der Waals surface area contributed by atoms with Crippen LogP contribution in [0.4, 0.5) is 13.2 Å². The number of hydrogen-bond acceptors (Lipinski definition) is 0. The minimum atomic E-state index is -4.06. The lowest BCUT2D eigenvalue weighted by molar-refractivity contribution is -0.133. The predicted molar refractivity (Wildman–Crippen MR) is 108 cm³/mol. The molecule has 0 unspecified atom stereocenters. The second-order valence-electron chi connectivity index (χ2n) is 8.48. The van der Waals surface area contributed by atoms with Gasteiger partial charge in [-0.2, -0.15) is 13.2 Å². The lowest BCUT2D eigenvalue weighted by Gasteiger charge is -2.29. The minimum Gasteiger partial charge on any atom is -0.171 e. The predicted octanol–water partition coefficient (Wildman–Crippen LogP) is 8.60. The van der Waals surface area contributed by atoms with E-state index in [-0.39, 0.29) is 6.42 Å². The number of alkyl halides is 3. The Morgan fingerprint density at radius 3 is 2.00 bits per heavy atom. The normalized spacial score (nSPS) is 20.7. The molecule has 2 rings (SSSR count). The zero-order chi connectivity index (χ0) is 19.5. The van der Waals surface area contributed by atoms with Gasteiger partial charge in [0.15, 0.2) is 0 Å². The summed E-state index contributed by atoms with van der Waals surface area (Å²) in [5, 5.41) is 0.